The summed E-state index contributed by atoms with van der Waals surface area (Å²) >= 11 is 0. The molecule has 0 radical (unpaired) electrons. The van der Waals surface area contributed by atoms with E-state index in [2.05, 4.69) is 18.3 Å². The van der Waals surface area contributed by atoms with E-state index in [1.807, 2.05) is 4.90 Å². The van der Waals surface area contributed by atoms with Gasteiger partial charge < -0.3 is 23.5 Å². The topological polar surface area (TPSA) is 157 Å². The summed E-state index contributed by atoms with van der Waals surface area (Å²) in [5, 5.41) is 24.5. The van der Waals surface area contributed by atoms with Gasteiger partial charge in [-0.1, -0.05) is 19.1 Å². The quantitative estimate of drug-likeness (QED) is 0.118. The van der Waals surface area contributed by atoms with Gasteiger partial charge in [-0.3, -0.25) is 20.2 Å². The SMILES string of the molecule is COc1ccc(-c2oc(NC(=O)COC(=O)c3ccc(N4CCC(C)CC4)c([N+](=O)[O-])c3)c(C#N)c2-c2ccc(OC)cc2)cc1. The molecule has 1 aliphatic heterocycles. The average molecular weight is 625 g/mol. The molecule has 2 heterocycles. The van der Waals surface area contributed by atoms with Gasteiger partial charge in [-0.25, -0.2) is 4.79 Å². The number of ether oxygens (including phenoxy) is 3. The summed E-state index contributed by atoms with van der Waals surface area (Å²) in [6.45, 7) is 2.79. The molecule has 3 aromatic carbocycles. The van der Waals surface area contributed by atoms with Gasteiger partial charge in [0.15, 0.2) is 6.61 Å². The molecule has 12 heteroatoms. The fourth-order valence-corrected chi connectivity index (χ4v) is 5.30. The number of hydrogen-bond donors (Lipinski definition) is 1. The standard InChI is InChI=1S/C34H32N4O8/c1-21-14-16-37(17-15-21)28-13-8-24(18-29(28)38(41)42)34(40)45-20-30(39)36-33-27(19-35)31(22-4-9-25(43-2)10-5-22)32(46-33)23-6-11-26(44-3)12-7-23/h4-13,18,21H,14-17,20H2,1-3H3,(H,36,39). The minimum absolute atomic E-state index is 0.0621. The maximum Gasteiger partial charge on any atom is 0.338 e. The van der Waals surface area contributed by atoms with Gasteiger partial charge >= 0.3 is 5.97 Å². The van der Waals surface area contributed by atoms with Crippen molar-refractivity contribution in [3.63, 3.8) is 0 Å². The molecular formula is C34H32N4O8. The van der Waals surface area contributed by atoms with Crippen molar-refractivity contribution in [2.24, 2.45) is 5.92 Å². The van der Waals surface area contributed by atoms with E-state index in [-0.39, 0.29) is 22.7 Å². The van der Waals surface area contributed by atoms with Gasteiger partial charge in [0.2, 0.25) is 5.88 Å². The van der Waals surface area contributed by atoms with Gasteiger partial charge in [-0.2, -0.15) is 5.26 Å². The number of carbonyl (C=O) groups is 2. The molecule has 1 fully saturated rings. The highest BCUT2D eigenvalue weighted by molar-refractivity contribution is 5.98. The lowest BCUT2D eigenvalue weighted by atomic mass is 9.98. The maximum absolute atomic E-state index is 12.9. The Morgan fingerprint density at radius 1 is 1.00 bits per heavy atom. The number of hydrogen-bond acceptors (Lipinski definition) is 10. The van der Waals surface area contributed by atoms with Crippen LogP contribution in [0.1, 0.15) is 35.7 Å². The van der Waals surface area contributed by atoms with E-state index in [9.17, 15) is 25.0 Å². The summed E-state index contributed by atoms with van der Waals surface area (Å²) in [4.78, 5) is 39.0. The van der Waals surface area contributed by atoms with Crippen molar-refractivity contribution < 1.29 is 33.1 Å². The molecule has 0 atom stereocenters. The molecule has 46 heavy (non-hydrogen) atoms. The van der Waals surface area contributed by atoms with Crippen molar-refractivity contribution in [3.8, 4) is 40.0 Å². The monoisotopic (exact) mass is 624 g/mol. The number of nitrogens with zero attached hydrogens (tertiary/aromatic N) is 3. The Balaban J connectivity index is 1.35. The first-order valence-electron chi connectivity index (χ1n) is 14.6. The molecule has 1 amide bonds. The van der Waals surface area contributed by atoms with E-state index >= 15 is 0 Å². The zero-order valence-corrected chi connectivity index (χ0v) is 25.6. The Kier molecular flexibility index (Phi) is 9.52. The molecule has 4 aromatic rings. The Morgan fingerprint density at radius 3 is 2.17 bits per heavy atom. The van der Waals surface area contributed by atoms with Crippen LogP contribution in [-0.2, 0) is 9.53 Å². The molecule has 1 aliphatic rings. The number of benzene rings is 3. The van der Waals surface area contributed by atoms with E-state index in [1.165, 1.54) is 12.1 Å². The van der Waals surface area contributed by atoms with Crippen LogP contribution in [-0.4, -0.2) is 50.7 Å². The second kappa shape index (κ2) is 13.9. The van der Waals surface area contributed by atoms with Crippen LogP contribution in [0.15, 0.2) is 71.1 Å². The van der Waals surface area contributed by atoms with Crippen LogP contribution in [0.2, 0.25) is 0 Å². The largest absolute Gasteiger partial charge is 0.497 e. The van der Waals surface area contributed by atoms with E-state index in [0.717, 1.165) is 18.9 Å². The van der Waals surface area contributed by atoms with Gasteiger partial charge in [0, 0.05) is 30.3 Å². The summed E-state index contributed by atoms with van der Waals surface area (Å²) in [6.07, 6.45) is 1.84. The highest BCUT2D eigenvalue weighted by Crippen LogP contribution is 2.42. The minimum Gasteiger partial charge on any atom is -0.497 e. The van der Waals surface area contributed by atoms with Crippen molar-refractivity contribution in [2.45, 2.75) is 19.8 Å². The van der Waals surface area contributed by atoms with Crippen molar-refractivity contribution in [2.75, 3.05) is 44.1 Å². The number of nitro groups is 1. The third-order valence-electron chi connectivity index (χ3n) is 7.87. The van der Waals surface area contributed by atoms with Crippen LogP contribution in [0, 0.1) is 27.4 Å². The number of nitriles is 1. The van der Waals surface area contributed by atoms with Crippen LogP contribution < -0.4 is 19.7 Å². The summed E-state index contributed by atoms with van der Waals surface area (Å²) < 4.78 is 21.7. The first-order valence-corrected chi connectivity index (χ1v) is 14.6. The molecule has 236 valence electrons. The Morgan fingerprint density at radius 2 is 1.61 bits per heavy atom. The van der Waals surface area contributed by atoms with Crippen LogP contribution in [0.4, 0.5) is 17.3 Å². The van der Waals surface area contributed by atoms with Gasteiger partial charge in [0.25, 0.3) is 11.6 Å². The zero-order chi connectivity index (χ0) is 32.8. The number of amides is 1. The van der Waals surface area contributed by atoms with Gasteiger partial charge in [0.05, 0.1) is 24.7 Å². The molecular weight excluding hydrogens is 592 g/mol. The van der Waals surface area contributed by atoms with Gasteiger partial charge in [-0.05, 0) is 72.9 Å². The number of methoxy groups -OCH3 is 2. The minimum atomic E-state index is -0.908. The summed E-state index contributed by atoms with van der Waals surface area (Å²) in [5.41, 5.74) is 1.94. The van der Waals surface area contributed by atoms with E-state index in [4.69, 9.17) is 18.6 Å². The van der Waals surface area contributed by atoms with Crippen LogP contribution in [0.5, 0.6) is 11.5 Å². The van der Waals surface area contributed by atoms with E-state index in [0.29, 0.717) is 58.6 Å². The van der Waals surface area contributed by atoms with E-state index in [1.54, 1.807) is 62.8 Å². The average Bonchev–Trinajstić information content (AvgIpc) is 3.45. The van der Waals surface area contributed by atoms with E-state index < -0.39 is 23.4 Å². The second-order valence-corrected chi connectivity index (χ2v) is 10.8. The molecule has 1 saturated heterocycles. The van der Waals surface area contributed by atoms with Gasteiger partial charge in [0.1, 0.15) is 34.6 Å². The predicted molar refractivity (Wildman–Crippen MR) is 170 cm³/mol. The highest BCUT2D eigenvalue weighted by Gasteiger charge is 2.27. The smallest absolute Gasteiger partial charge is 0.338 e. The molecule has 0 saturated carbocycles. The van der Waals surface area contributed by atoms with Gasteiger partial charge in [-0.15, -0.1) is 0 Å². The number of rotatable bonds is 10. The number of carbonyl (C=O) groups excluding carboxylic acids is 2. The molecule has 0 unspecified atom stereocenters. The second-order valence-electron chi connectivity index (χ2n) is 10.8. The van der Waals surface area contributed by atoms with Crippen molar-refractivity contribution >= 4 is 29.1 Å². The normalized spacial score (nSPS) is 13.0. The molecule has 0 bridgehead atoms. The number of esters is 1. The fraction of sp³-hybridized carbons (Fsp3) is 0.265. The summed E-state index contributed by atoms with van der Waals surface area (Å²) in [7, 11) is 3.09. The van der Waals surface area contributed by atoms with Crippen molar-refractivity contribution in [1.29, 1.82) is 5.26 Å². The Labute approximate surface area is 265 Å². The molecule has 5 rings (SSSR count). The highest BCUT2D eigenvalue weighted by atomic mass is 16.6. The summed E-state index contributed by atoms with van der Waals surface area (Å²) in [6, 6.07) is 20.3. The predicted octanol–water partition coefficient (Wildman–Crippen LogP) is 6.44. The first-order chi connectivity index (χ1) is 22.2. The number of piperidine rings is 1. The Hall–Kier alpha value is -5.83. The molecule has 1 aromatic heterocycles. The number of nitro benzene ring substituents is 1. The van der Waals surface area contributed by atoms with Crippen molar-refractivity contribution in [3.05, 3.63) is 88.0 Å². The lowest BCUT2D eigenvalue weighted by Gasteiger charge is -2.31. The molecule has 0 spiro atoms. The van der Waals surface area contributed by atoms with Crippen LogP contribution in [0.25, 0.3) is 22.5 Å². The first kappa shape index (κ1) is 31.6. The van der Waals surface area contributed by atoms with Crippen LogP contribution in [0.3, 0.4) is 0 Å². The lowest BCUT2D eigenvalue weighted by Crippen LogP contribution is -2.33. The molecule has 1 N–H and O–H groups in total. The number of nitrogens with one attached hydrogen (secondary N) is 1. The summed E-state index contributed by atoms with van der Waals surface area (Å²) in [5.74, 6) is 0.309. The fourth-order valence-electron chi connectivity index (χ4n) is 5.30. The third kappa shape index (κ3) is 6.78. The zero-order valence-electron chi connectivity index (χ0n) is 25.6. The molecule has 12 nitrogen and oxygen atoms in total. The number of anilines is 2. The lowest BCUT2D eigenvalue weighted by molar-refractivity contribution is -0.384. The van der Waals surface area contributed by atoms with Crippen LogP contribution >= 0.6 is 0 Å². The maximum atomic E-state index is 12.9. The molecule has 0 aliphatic carbocycles. The Bertz CT molecular complexity index is 1780. The number of furan rings is 1. The van der Waals surface area contributed by atoms with Crippen molar-refractivity contribution in [1.82, 2.24) is 0 Å². The third-order valence-corrected chi connectivity index (χ3v) is 7.87.